The Hall–Kier alpha value is -2.81. The number of carbonyl (C=O) groups excluding carboxylic acids is 1. The van der Waals surface area contributed by atoms with Crippen LogP contribution in [0.25, 0.3) is 0 Å². The standard InChI is InChI=1S/C19H23N3O5S/c1-21(9-8-14-4-6-16(26-2)17(12-14)27-3)19(23)15-5-7-18-20-28(24,25)11-10-22(18)13-15/h4-7,12-13H,8-11H2,1-3H3. The molecule has 0 bridgehead atoms. The first kappa shape index (κ1) is 19.9. The fourth-order valence-electron chi connectivity index (χ4n) is 2.98. The third-order valence-corrected chi connectivity index (χ3v) is 5.77. The third-order valence-electron chi connectivity index (χ3n) is 4.60. The van der Waals surface area contributed by atoms with Gasteiger partial charge in [-0.25, -0.2) is 8.42 Å². The van der Waals surface area contributed by atoms with Gasteiger partial charge in [0.2, 0.25) is 0 Å². The summed E-state index contributed by atoms with van der Waals surface area (Å²) in [6.45, 7) is 0.812. The lowest BCUT2D eigenvalue weighted by atomic mass is 10.1. The molecule has 2 aliphatic rings. The summed E-state index contributed by atoms with van der Waals surface area (Å²) in [6.07, 6.45) is 5.48. The van der Waals surface area contributed by atoms with E-state index in [9.17, 15) is 13.2 Å². The van der Waals surface area contributed by atoms with Crippen LogP contribution in [0.1, 0.15) is 5.56 Å². The number of methoxy groups -OCH3 is 2. The predicted octanol–water partition coefficient (Wildman–Crippen LogP) is 1.20. The van der Waals surface area contributed by atoms with Crippen LogP contribution in [-0.2, 0) is 21.2 Å². The van der Waals surface area contributed by atoms with Gasteiger partial charge in [0.25, 0.3) is 15.9 Å². The van der Waals surface area contributed by atoms with Gasteiger partial charge in [0.05, 0.1) is 25.5 Å². The molecule has 150 valence electrons. The van der Waals surface area contributed by atoms with Crippen molar-refractivity contribution in [3.8, 4) is 11.5 Å². The molecule has 1 aromatic carbocycles. The summed E-state index contributed by atoms with van der Waals surface area (Å²) >= 11 is 0. The number of sulfonamides is 1. The van der Waals surface area contributed by atoms with E-state index in [1.165, 1.54) is 0 Å². The molecule has 2 heterocycles. The molecule has 9 heteroatoms. The van der Waals surface area contributed by atoms with Crippen LogP contribution in [0.4, 0.5) is 0 Å². The second-order valence-electron chi connectivity index (χ2n) is 6.51. The van der Waals surface area contributed by atoms with Gasteiger partial charge >= 0.3 is 0 Å². The molecule has 0 spiro atoms. The van der Waals surface area contributed by atoms with Gasteiger partial charge in [-0.05, 0) is 36.3 Å². The molecule has 2 aliphatic heterocycles. The second-order valence-corrected chi connectivity index (χ2v) is 8.27. The molecule has 28 heavy (non-hydrogen) atoms. The number of carbonyl (C=O) groups is 1. The molecule has 0 atom stereocenters. The lowest BCUT2D eigenvalue weighted by Crippen LogP contribution is -2.38. The van der Waals surface area contributed by atoms with Gasteiger partial charge in [0.15, 0.2) is 11.5 Å². The van der Waals surface area contributed by atoms with Crippen LogP contribution in [0.2, 0.25) is 0 Å². The summed E-state index contributed by atoms with van der Waals surface area (Å²) in [5.74, 6) is 1.46. The molecule has 1 amide bonds. The molecule has 0 fully saturated rings. The molecule has 0 saturated heterocycles. The summed E-state index contributed by atoms with van der Waals surface area (Å²) in [6, 6.07) is 5.68. The van der Waals surface area contributed by atoms with Crippen molar-refractivity contribution < 1.29 is 22.7 Å². The molecule has 0 unspecified atom stereocenters. The highest BCUT2D eigenvalue weighted by atomic mass is 32.2. The van der Waals surface area contributed by atoms with Crippen LogP contribution in [0.15, 0.2) is 46.5 Å². The van der Waals surface area contributed by atoms with E-state index in [-0.39, 0.29) is 18.2 Å². The Morgan fingerprint density at radius 1 is 1.21 bits per heavy atom. The van der Waals surface area contributed by atoms with Crippen molar-refractivity contribution in [2.75, 3.05) is 40.1 Å². The van der Waals surface area contributed by atoms with E-state index in [1.54, 1.807) is 49.4 Å². The van der Waals surface area contributed by atoms with Crippen LogP contribution >= 0.6 is 0 Å². The summed E-state index contributed by atoms with van der Waals surface area (Å²) in [5, 5.41) is 0. The van der Waals surface area contributed by atoms with Crippen molar-refractivity contribution in [2.45, 2.75) is 6.42 Å². The number of hydrogen-bond donors (Lipinski definition) is 0. The van der Waals surface area contributed by atoms with Gasteiger partial charge in [0, 0.05) is 26.3 Å². The first-order chi connectivity index (χ1) is 13.3. The van der Waals surface area contributed by atoms with Gasteiger partial charge in [-0.15, -0.1) is 4.40 Å². The molecule has 0 aromatic heterocycles. The number of amides is 1. The van der Waals surface area contributed by atoms with Crippen molar-refractivity contribution in [1.82, 2.24) is 9.80 Å². The lowest BCUT2D eigenvalue weighted by molar-refractivity contribution is -0.125. The van der Waals surface area contributed by atoms with E-state index < -0.39 is 10.0 Å². The average Bonchev–Trinajstić information content (AvgIpc) is 2.70. The Balaban J connectivity index is 1.64. The molecular weight excluding hydrogens is 382 g/mol. The maximum Gasteiger partial charge on any atom is 0.256 e. The molecule has 1 aromatic rings. The quantitative estimate of drug-likeness (QED) is 0.707. The summed E-state index contributed by atoms with van der Waals surface area (Å²) in [4.78, 5) is 16.0. The van der Waals surface area contributed by atoms with E-state index >= 15 is 0 Å². The summed E-state index contributed by atoms with van der Waals surface area (Å²) < 4.78 is 37.4. The number of nitrogens with zero attached hydrogens (tertiary/aromatic N) is 3. The van der Waals surface area contributed by atoms with E-state index in [2.05, 4.69) is 4.40 Å². The normalized spacial score (nSPS) is 17.3. The van der Waals surface area contributed by atoms with Crippen LogP contribution in [0.3, 0.4) is 0 Å². The Labute approximate surface area is 164 Å². The van der Waals surface area contributed by atoms with Crippen LogP contribution < -0.4 is 9.47 Å². The van der Waals surface area contributed by atoms with Gasteiger partial charge < -0.3 is 19.3 Å². The van der Waals surface area contributed by atoms with Gasteiger partial charge in [-0.1, -0.05) is 6.07 Å². The van der Waals surface area contributed by atoms with E-state index in [0.29, 0.717) is 35.9 Å². The topological polar surface area (TPSA) is 88.5 Å². The van der Waals surface area contributed by atoms with Crippen LogP contribution in [0, 0.1) is 0 Å². The zero-order valence-corrected chi connectivity index (χ0v) is 16.9. The van der Waals surface area contributed by atoms with Gasteiger partial charge in [-0.2, -0.15) is 0 Å². The number of ether oxygens (including phenoxy) is 2. The molecule has 0 saturated carbocycles. The van der Waals surface area contributed by atoms with Gasteiger partial charge in [0.1, 0.15) is 5.84 Å². The minimum Gasteiger partial charge on any atom is -0.493 e. The van der Waals surface area contributed by atoms with E-state index in [4.69, 9.17) is 9.47 Å². The first-order valence-electron chi connectivity index (χ1n) is 8.78. The van der Waals surface area contributed by atoms with E-state index in [0.717, 1.165) is 5.56 Å². The van der Waals surface area contributed by atoms with Crippen molar-refractivity contribution in [1.29, 1.82) is 0 Å². The highest BCUT2D eigenvalue weighted by Gasteiger charge is 2.25. The maximum absolute atomic E-state index is 12.7. The largest absolute Gasteiger partial charge is 0.493 e. The SMILES string of the molecule is COc1ccc(CCN(C)C(=O)C2=CN3CCS(=O)(=O)N=C3C=C2)cc1OC. The number of likely N-dealkylation sites (N-methyl/N-ethyl adjacent to an activating group) is 1. The number of rotatable bonds is 6. The minimum absolute atomic E-state index is 0.0581. The zero-order chi connectivity index (χ0) is 20.3. The number of hydrogen-bond acceptors (Lipinski definition) is 6. The smallest absolute Gasteiger partial charge is 0.256 e. The highest BCUT2D eigenvalue weighted by Crippen LogP contribution is 2.27. The Morgan fingerprint density at radius 2 is 1.96 bits per heavy atom. The fourth-order valence-corrected chi connectivity index (χ4v) is 3.95. The minimum atomic E-state index is -3.41. The Morgan fingerprint density at radius 3 is 2.68 bits per heavy atom. The highest BCUT2D eigenvalue weighted by molar-refractivity contribution is 7.90. The Kier molecular flexibility index (Phi) is 5.73. The maximum atomic E-state index is 12.7. The van der Waals surface area contributed by atoms with Crippen LogP contribution in [-0.4, -0.2) is 70.1 Å². The fraction of sp³-hybridized carbons (Fsp3) is 0.368. The van der Waals surface area contributed by atoms with Gasteiger partial charge in [-0.3, -0.25) is 4.79 Å². The molecule has 0 radical (unpaired) electrons. The first-order valence-corrected chi connectivity index (χ1v) is 10.4. The molecule has 0 aliphatic carbocycles. The monoisotopic (exact) mass is 405 g/mol. The van der Waals surface area contributed by atoms with Crippen LogP contribution in [0.5, 0.6) is 11.5 Å². The Bertz CT molecular complexity index is 966. The summed E-state index contributed by atoms with van der Waals surface area (Å²) in [7, 11) is 1.50. The van der Waals surface area contributed by atoms with Crippen molar-refractivity contribution in [3.05, 3.63) is 47.7 Å². The van der Waals surface area contributed by atoms with Crippen molar-refractivity contribution in [2.24, 2.45) is 4.40 Å². The number of amidine groups is 1. The van der Waals surface area contributed by atoms with E-state index in [1.807, 2.05) is 18.2 Å². The number of fused-ring (bicyclic) bond motifs is 1. The lowest BCUT2D eigenvalue weighted by Gasteiger charge is -2.28. The molecule has 8 nitrogen and oxygen atoms in total. The predicted molar refractivity (Wildman–Crippen MR) is 106 cm³/mol. The number of benzene rings is 1. The zero-order valence-electron chi connectivity index (χ0n) is 16.1. The molecule has 0 N–H and O–H groups in total. The van der Waals surface area contributed by atoms with Crippen molar-refractivity contribution >= 4 is 21.8 Å². The molecular formula is C19H23N3O5S. The second kappa shape index (κ2) is 8.05. The summed E-state index contributed by atoms with van der Waals surface area (Å²) in [5.41, 5.74) is 1.52. The molecule has 3 rings (SSSR count). The average molecular weight is 405 g/mol. The van der Waals surface area contributed by atoms with Crippen molar-refractivity contribution in [3.63, 3.8) is 0 Å². The third kappa shape index (κ3) is 4.36.